The summed E-state index contributed by atoms with van der Waals surface area (Å²) in [6.07, 6.45) is -0.122. The van der Waals surface area contributed by atoms with Crippen LogP contribution in [0.5, 0.6) is 17.2 Å². The highest BCUT2D eigenvalue weighted by molar-refractivity contribution is 5.92. The quantitative estimate of drug-likeness (QED) is 0.603. The molecule has 2 rings (SSSR count). The standard InChI is InChI=1S/C18H23N3O3/c1-13(24-17-9-5-8-16(11-17)23-3)12-20-18(19)21-14-6-4-7-15(10-14)22-2/h4-11,13H,12H2,1-3H3,(H3,19,20,21). The van der Waals surface area contributed by atoms with Crippen molar-refractivity contribution in [1.29, 1.82) is 0 Å². The number of rotatable bonds is 7. The van der Waals surface area contributed by atoms with Crippen LogP contribution in [0.3, 0.4) is 0 Å². The summed E-state index contributed by atoms with van der Waals surface area (Å²) >= 11 is 0. The molecule has 0 radical (unpaired) electrons. The summed E-state index contributed by atoms with van der Waals surface area (Å²) in [4.78, 5) is 4.30. The molecule has 0 amide bonds. The predicted molar refractivity (Wildman–Crippen MR) is 96.2 cm³/mol. The van der Waals surface area contributed by atoms with Crippen molar-refractivity contribution in [3.05, 3.63) is 48.5 Å². The van der Waals surface area contributed by atoms with E-state index in [4.69, 9.17) is 19.9 Å². The molecular weight excluding hydrogens is 306 g/mol. The van der Waals surface area contributed by atoms with E-state index >= 15 is 0 Å². The van der Waals surface area contributed by atoms with Gasteiger partial charge in [-0.1, -0.05) is 12.1 Å². The Hall–Kier alpha value is -2.89. The lowest BCUT2D eigenvalue weighted by Crippen LogP contribution is -2.25. The van der Waals surface area contributed by atoms with Crippen molar-refractivity contribution in [2.24, 2.45) is 10.7 Å². The highest BCUT2D eigenvalue weighted by Gasteiger charge is 2.05. The van der Waals surface area contributed by atoms with Gasteiger partial charge in [-0.15, -0.1) is 0 Å². The Morgan fingerprint density at radius 2 is 1.67 bits per heavy atom. The summed E-state index contributed by atoms with van der Waals surface area (Å²) in [5, 5.41) is 3.03. The van der Waals surface area contributed by atoms with Crippen molar-refractivity contribution in [1.82, 2.24) is 0 Å². The van der Waals surface area contributed by atoms with Crippen LogP contribution in [-0.2, 0) is 0 Å². The van der Waals surface area contributed by atoms with Gasteiger partial charge in [-0.3, -0.25) is 0 Å². The fraction of sp³-hybridized carbons (Fsp3) is 0.278. The zero-order valence-corrected chi connectivity index (χ0v) is 14.2. The number of hydrogen-bond acceptors (Lipinski definition) is 4. The molecule has 6 nitrogen and oxygen atoms in total. The average molecular weight is 329 g/mol. The number of nitrogens with zero attached hydrogens (tertiary/aromatic N) is 1. The van der Waals surface area contributed by atoms with E-state index in [1.807, 2.05) is 55.5 Å². The van der Waals surface area contributed by atoms with E-state index in [0.29, 0.717) is 12.5 Å². The molecule has 2 aromatic rings. The SMILES string of the molecule is COc1cccc(NC(N)=NCC(C)Oc2cccc(OC)c2)c1. The summed E-state index contributed by atoms with van der Waals surface area (Å²) in [7, 11) is 3.24. The number of anilines is 1. The van der Waals surface area contributed by atoms with E-state index in [9.17, 15) is 0 Å². The van der Waals surface area contributed by atoms with Crippen LogP contribution in [0.4, 0.5) is 5.69 Å². The zero-order chi connectivity index (χ0) is 17.4. The Balaban J connectivity index is 1.88. The average Bonchev–Trinajstić information content (AvgIpc) is 2.60. The van der Waals surface area contributed by atoms with Crippen molar-refractivity contribution in [2.75, 3.05) is 26.1 Å². The molecule has 3 N–H and O–H groups in total. The Morgan fingerprint density at radius 3 is 2.38 bits per heavy atom. The van der Waals surface area contributed by atoms with Crippen LogP contribution in [0.2, 0.25) is 0 Å². The summed E-state index contributed by atoms with van der Waals surface area (Å²) in [6, 6.07) is 14.9. The second-order valence-corrected chi connectivity index (χ2v) is 5.19. The van der Waals surface area contributed by atoms with Gasteiger partial charge in [0.1, 0.15) is 23.4 Å². The summed E-state index contributed by atoms with van der Waals surface area (Å²) in [5.41, 5.74) is 6.72. The van der Waals surface area contributed by atoms with Crippen molar-refractivity contribution in [2.45, 2.75) is 13.0 Å². The van der Waals surface area contributed by atoms with E-state index in [0.717, 1.165) is 22.9 Å². The van der Waals surface area contributed by atoms with Gasteiger partial charge in [0.05, 0.1) is 20.8 Å². The molecule has 128 valence electrons. The number of nitrogens with one attached hydrogen (secondary N) is 1. The number of methoxy groups -OCH3 is 2. The lowest BCUT2D eigenvalue weighted by atomic mass is 10.3. The Labute approximate surface area is 142 Å². The van der Waals surface area contributed by atoms with Gasteiger partial charge in [-0.2, -0.15) is 0 Å². The van der Waals surface area contributed by atoms with Crippen LogP contribution in [0.1, 0.15) is 6.92 Å². The predicted octanol–water partition coefficient (Wildman–Crippen LogP) is 2.90. The molecule has 0 heterocycles. The van der Waals surface area contributed by atoms with E-state index < -0.39 is 0 Å². The first kappa shape index (κ1) is 17.5. The summed E-state index contributed by atoms with van der Waals surface area (Å²) in [5.74, 6) is 2.56. The van der Waals surface area contributed by atoms with Gasteiger partial charge in [0.15, 0.2) is 5.96 Å². The zero-order valence-electron chi connectivity index (χ0n) is 14.2. The minimum absolute atomic E-state index is 0.122. The van der Waals surface area contributed by atoms with Gasteiger partial charge >= 0.3 is 0 Å². The molecule has 0 saturated carbocycles. The Morgan fingerprint density at radius 1 is 1.04 bits per heavy atom. The third-order valence-electron chi connectivity index (χ3n) is 3.24. The molecule has 24 heavy (non-hydrogen) atoms. The fourth-order valence-corrected chi connectivity index (χ4v) is 2.06. The first-order valence-electron chi connectivity index (χ1n) is 7.62. The van der Waals surface area contributed by atoms with Crippen molar-refractivity contribution >= 4 is 11.6 Å². The van der Waals surface area contributed by atoms with Crippen molar-refractivity contribution in [3.63, 3.8) is 0 Å². The minimum atomic E-state index is -0.122. The number of benzene rings is 2. The monoisotopic (exact) mass is 329 g/mol. The number of ether oxygens (including phenoxy) is 3. The number of hydrogen-bond donors (Lipinski definition) is 2. The van der Waals surface area contributed by atoms with Gasteiger partial charge in [0.2, 0.25) is 0 Å². The molecule has 0 fully saturated rings. The third kappa shape index (κ3) is 5.39. The lowest BCUT2D eigenvalue weighted by Gasteiger charge is -2.14. The topological polar surface area (TPSA) is 78.1 Å². The van der Waals surface area contributed by atoms with Crippen molar-refractivity contribution in [3.8, 4) is 17.2 Å². The molecule has 2 aromatic carbocycles. The van der Waals surface area contributed by atoms with Crippen molar-refractivity contribution < 1.29 is 14.2 Å². The summed E-state index contributed by atoms with van der Waals surface area (Å²) in [6.45, 7) is 2.36. The molecule has 0 aliphatic rings. The molecule has 0 aromatic heterocycles. The second-order valence-electron chi connectivity index (χ2n) is 5.19. The fourth-order valence-electron chi connectivity index (χ4n) is 2.06. The minimum Gasteiger partial charge on any atom is -0.497 e. The van der Waals surface area contributed by atoms with Gasteiger partial charge in [-0.05, 0) is 31.2 Å². The molecule has 1 atom stereocenters. The van der Waals surface area contributed by atoms with Crippen LogP contribution in [0.25, 0.3) is 0 Å². The molecule has 1 unspecified atom stereocenters. The number of nitrogens with two attached hydrogens (primary N) is 1. The lowest BCUT2D eigenvalue weighted by molar-refractivity contribution is 0.229. The van der Waals surface area contributed by atoms with Gasteiger partial charge in [-0.25, -0.2) is 4.99 Å². The molecule has 6 heteroatoms. The molecule has 0 saturated heterocycles. The Bertz CT molecular complexity index is 689. The molecule has 0 bridgehead atoms. The van der Waals surface area contributed by atoms with Crippen LogP contribution in [0, 0.1) is 0 Å². The van der Waals surface area contributed by atoms with Gasteiger partial charge in [0, 0.05) is 17.8 Å². The molecule has 0 aliphatic carbocycles. The van der Waals surface area contributed by atoms with Crippen LogP contribution in [0.15, 0.2) is 53.5 Å². The third-order valence-corrected chi connectivity index (χ3v) is 3.24. The smallest absolute Gasteiger partial charge is 0.193 e. The first-order valence-corrected chi connectivity index (χ1v) is 7.62. The molecule has 0 aliphatic heterocycles. The van der Waals surface area contributed by atoms with E-state index in [1.54, 1.807) is 14.2 Å². The van der Waals surface area contributed by atoms with E-state index in [2.05, 4.69) is 10.3 Å². The maximum absolute atomic E-state index is 5.91. The van der Waals surface area contributed by atoms with Gasteiger partial charge in [0.25, 0.3) is 0 Å². The highest BCUT2D eigenvalue weighted by Crippen LogP contribution is 2.20. The number of guanidine groups is 1. The van der Waals surface area contributed by atoms with Gasteiger partial charge < -0.3 is 25.3 Å². The van der Waals surface area contributed by atoms with E-state index in [-0.39, 0.29) is 6.10 Å². The van der Waals surface area contributed by atoms with Crippen LogP contribution in [-0.4, -0.2) is 32.8 Å². The highest BCUT2D eigenvalue weighted by atomic mass is 16.5. The second kappa shape index (κ2) is 8.67. The summed E-state index contributed by atoms with van der Waals surface area (Å²) < 4.78 is 16.1. The normalized spacial score (nSPS) is 12.4. The maximum Gasteiger partial charge on any atom is 0.193 e. The number of aliphatic imine (C=N–C) groups is 1. The molecular formula is C18H23N3O3. The van der Waals surface area contributed by atoms with Crippen LogP contribution >= 0.6 is 0 Å². The first-order chi connectivity index (χ1) is 11.6. The Kier molecular flexibility index (Phi) is 6.31. The maximum atomic E-state index is 5.91. The largest absolute Gasteiger partial charge is 0.497 e. The van der Waals surface area contributed by atoms with E-state index in [1.165, 1.54) is 0 Å². The van der Waals surface area contributed by atoms with Crippen LogP contribution < -0.4 is 25.3 Å². The molecule has 0 spiro atoms.